The summed E-state index contributed by atoms with van der Waals surface area (Å²) in [7, 11) is 4.50. The first kappa shape index (κ1) is 16.0. The topological polar surface area (TPSA) is 77.5 Å². The Morgan fingerprint density at radius 2 is 1.91 bits per heavy atom. The first-order valence-corrected chi connectivity index (χ1v) is 7.40. The zero-order chi connectivity index (χ0) is 16.8. The molecule has 2 aliphatic heterocycles. The van der Waals surface area contributed by atoms with Gasteiger partial charge < -0.3 is 29.0 Å². The summed E-state index contributed by atoms with van der Waals surface area (Å²) in [5.74, 6) is 0.874. The van der Waals surface area contributed by atoms with Gasteiger partial charge in [0.2, 0.25) is 6.29 Å². The number of fused-ring (bicyclic) bond motifs is 3. The van der Waals surface area contributed by atoms with Gasteiger partial charge in [-0.25, -0.2) is 0 Å². The van der Waals surface area contributed by atoms with Crippen LogP contribution in [0.5, 0.6) is 11.5 Å². The van der Waals surface area contributed by atoms with Crippen molar-refractivity contribution in [2.45, 2.75) is 31.5 Å². The normalized spacial score (nSPS) is 29.8. The average Bonchev–Trinajstić information content (AvgIpc) is 2.57. The molecule has 0 aromatic heterocycles. The van der Waals surface area contributed by atoms with E-state index in [1.165, 1.54) is 7.11 Å². The number of carbonyl (C=O) groups is 1. The van der Waals surface area contributed by atoms with Gasteiger partial charge in [-0.05, 0) is 36.6 Å². The van der Waals surface area contributed by atoms with E-state index in [0.717, 1.165) is 11.1 Å². The molecule has 1 saturated heterocycles. The molecule has 1 aromatic carbocycles. The lowest BCUT2D eigenvalue weighted by Crippen LogP contribution is -2.66. The Kier molecular flexibility index (Phi) is 3.95. The summed E-state index contributed by atoms with van der Waals surface area (Å²) < 4.78 is 21.1. The van der Waals surface area contributed by atoms with Crippen molar-refractivity contribution in [2.24, 2.45) is 0 Å². The summed E-state index contributed by atoms with van der Waals surface area (Å²) in [6.45, 7) is 2.25. The van der Waals surface area contributed by atoms with Crippen molar-refractivity contribution in [2.75, 3.05) is 27.9 Å². The van der Waals surface area contributed by atoms with Crippen molar-refractivity contribution in [3.63, 3.8) is 0 Å². The fourth-order valence-corrected chi connectivity index (χ4v) is 3.41. The second-order valence-corrected chi connectivity index (χ2v) is 5.81. The molecule has 0 aliphatic carbocycles. The zero-order valence-corrected chi connectivity index (χ0v) is 13.7. The van der Waals surface area contributed by atoms with E-state index in [1.807, 2.05) is 6.07 Å². The third-order valence-electron chi connectivity index (χ3n) is 4.74. The smallest absolute Gasteiger partial charge is 0.280 e. The average molecular weight is 323 g/mol. The van der Waals surface area contributed by atoms with E-state index in [-0.39, 0.29) is 5.91 Å². The number of benzene rings is 1. The predicted molar refractivity (Wildman–Crippen MR) is 80.2 cm³/mol. The van der Waals surface area contributed by atoms with Crippen LogP contribution in [0.1, 0.15) is 18.1 Å². The van der Waals surface area contributed by atoms with E-state index in [2.05, 4.69) is 0 Å². The van der Waals surface area contributed by atoms with Gasteiger partial charge in [0.15, 0.2) is 17.8 Å². The number of hydrogen-bond donors (Lipinski definition) is 1. The third kappa shape index (κ3) is 2.19. The summed E-state index contributed by atoms with van der Waals surface area (Å²) in [6.07, 6.45) is -1.64. The molecule has 23 heavy (non-hydrogen) atoms. The van der Waals surface area contributed by atoms with E-state index < -0.39 is 18.1 Å². The molecule has 3 atom stereocenters. The number of carbonyl (C=O) groups excluding carboxylic acids is 1. The van der Waals surface area contributed by atoms with Crippen LogP contribution >= 0.6 is 0 Å². The number of hydrogen-bond acceptors (Lipinski definition) is 6. The molecule has 1 fully saturated rings. The Labute approximate surface area is 134 Å². The molecule has 0 spiro atoms. The van der Waals surface area contributed by atoms with Gasteiger partial charge in [0.25, 0.3) is 5.91 Å². The van der Waals surface area contributed by atoms with Gasteiger partial charge in [0.05, 0.1) is 14.2 Å². The van der Waals surface area contributed by atoms with E-state index in [0.29, 0.717) is 24.5 Å². The van der Waals surface area contributed by atoms with Gasteiger partial charge in [-0.3, -0.25) is 4.79 Å². The minimum atomic E-state index is -1.21. The molecular weight excluding hydrogens is 302 g/mol. The standard InChI is InChI=1S/C16H21NO6/c1-16-10-8-12(21-3)11(20-2)7-9(10)5-6-17(16)13(18)14(22-4)23-15(16)19/h7-8,14-15,19H,5-6H2,1-4H3/t14?,15?,16-/m0/s1. The molecule has 2 heterocycles. The van der Waals surface area contributed by atoms with Gasteiger partial charge in [0, 0.05) is 13.7 Å². The molecule has 7 heteroatoms. The highest BCUT2D eigenvalue weighted by Gasteiger charge is 2.54. The Morgan fingerprint density at radius 3 is 2.52 bits per heavy atom. The zero-order valence-electron chi connectivity index (χ0n) is 13.7. The minimum absolute atomic E-state index is 0.291. The van der Waals surface area contributed by atoms with Crippen molar-refractivity contribution in [1.29, 1.82) is 0 Å². The lowest BCUT2D eigenvalue weighted by Gasteiger charge is -2.52. The van der Waals surface area contributed by atoms with Gasteiger partial charge in [-0.2, -0.15) is 0 Å². The van der Waals surface area contributed by atoms with Crippen LogP contribution in [0, 0.1) is 0 Å². The van der Waals surface area contributed by atoms with Gasteiger partial charge in [0.1, 0.15) is 5.54 Å². The number of nitrogens with zero attached hydrogens (tertiary/aromatic N) is 1. The number of aliphatic hydroxyl groups is 1. The lowest BCUT2D eigenvalue weighted by atomic mass is 9.80. The van der Waals surface area contributed by atoms with Crippen LogP contribution in [0.15, 0.2) is 12.1 Å². The van der Waals surface area contributed by atoms with Crippen LogP contribution in [0.2, 0.25) is 0 Å². The minimum Gasteiger partial charge on any atom is -0.493 e. The van der Waals surface area contributed by atoms with Gasteiger partial charge in [-0.1, -0.05) is 0 Å². The quantitative estimate of drug-likeness (QED) is 0.879. The van der Waals surface area contributed by atoms with Crippen LogP contribution in [-0.2, 0) is 26.2 Å². The van der Waals surface area contributed by atoms with E-state index in [1.54, 1.807) is 32.1 Å². The first-order chi connectivity index (χ1) is 11.0. The highest BCUT2D eigenvalue weighted by Crippen LogP contribution is 2.45. The number of amides is 1. The summed E-state index contributed by atoms with van der Waals surface area (Å²) >= 11 is 0. The van der Waals surface area contributed by atoms with Crippen LogP contribution in [0.4, 0.5) is 0 Å². The number of ether oxygens (including phenoxy) is 4. The SMILES string of the molecule is COc1cc2c(cc1OC)[C@@]1(C)C(O)OC(OC)C(=O)N1CC2. The molecule has 1 aromatic rings. The Hall–Kier alpha value is -1.83. The summed E-state index contributed by atoms with van der Waals surface area (Å²) in [6, 6.07) is 3.68. The van der Waals surface area contributed by atoms with Gasteiger partial charge in [-0.15, -0.1) is 0 Å². The number of methoxy groups -OCH3 is 3. The van der Waals surface area contributed by atoms with Crippen LogP contribution in [0.3, 0.4) is 0 Å². The number of rotatable bonds is 3. The molecule has 126 valence electrons. The molecule has 0 saturated carbocycles. The second kappa shape index (κ2) is 5.67. The number of aliphatic hydroxyl groups excluding tert-OH is 1. The fourth-order valence-electron chi connectivity index (χ4n) is 3.41. The molecule has 2 aliphatic rings. The molecule has 1 amide bonds. The lowest BCUT2D eigenvalue weighted by molar-refractivity contribution is -0.290. The maximum absolute atomic E-state index is 12.5. The molecule has 7 nitrogen and oxygen atoms in total. The predicted octanol–water partition coefficient (Wildman–Crippen LogP) is 0.625. The fraction of sp³-hybridized carbons (Fsp3) is 0.562. The summed E-state index contributed by atoms with van der Waals surface area (Å²) in [5.41, 5.74) is 0.781. The molecule has 3 rings (SSSR count). The largest absolute Gasteiger partial charge is 0.493 e. The molecule has 0 bridgehead atoms. The van der Waals surface area contributed by atoms with Crippen molar-refractivity contribution in [3.05, 3.63) is 23.3 Å². The highest BCUT2D eigenvalue weighted by molar-refractivity contribution is 5.82. The van der Waals surface area contributed by atoms with E-state index >= 15 is 0 Å². The van der Waals surface area contributed by atoms with Crippen LogP contribution in [-0.4, -0.2) is 56.4 Å². The third-order valence-corrected chi connectivity index (χ3v) is 4.74. The Morgan fingerprint density at radius 1 is 1.26 bits per heavy atom. The van der Waals surface area contributed by atoms with E-state index in [9.17, 15) is 9.90 Å². The second-order valence-electron chi connectivity index (χ2n) is 5.81. The van der Waals surface area contributed by atoms with Crippen LogP contribution in [0.25, 0.3) is 0 Å². The van der Waals surface area contributed by atoms with Crippen molar-refractivity contribution >= 4 is 5.91 Å². The monoisotopic (exact) mass is 323 g/mol. The molecular formula is C16H21NO6. The number of morpholine rings is 1. The highest BCUT2D eigenvalue weighted by atomic mass is 16.7. The summed E-state index contributed by atoms with van der Waals surface area (Å²) in [5, 5.41) is 10.6. The Balaban J connectivity index is 2.13. The van der Waals surface area contributed by atoms with Crippen molar-refractivity contribution in [1.82, 2.24) is 4.90 Å². The van der Waals surface area contributed by atoms with Crippen LogP contribution < -0.4 is 9.47 Å². The maximum Gasteiger partial charge on any atom is 0.280 e. The summed E-state index contributed by atoms with van der Waals surface area (Å²) in [4.78, 5) is 14.2. The van der Waals surface area contributed by atoms with Crippen molar-refractivity contribution < 1.29 is 28.8 Å². The van der Waals surface area contributed by atoms with E-state index in [4.69, 9.17) is 18.9 Å². The maximum atomic E-state index is 12.5. The van der Waals surface area contributed by atoms with Crippen molar-refractivity contribution in [3.8, 4) is 11.5 Å². The first-order valence-electron chi connectivity index (χ1n) is 7.40. The Bertz CT molecular complexity index is 633. The van der Waals surface area contributed by atoms with Gasteiger partial charge >= 0.3 is 0 Å². The molecule has 0 radical (unpaired) electrons. The molecule has 2 unspecified atom stereocenters. The molecule has 1 N–H and O–H groups in total.